The average molecular weight is 136 g/mol. The third kappa shape index (κ3) is 1.26. The van der Waals surface area contributed by atoms with Crippen molar-refractivity contribution in [3.63, 3.8) is 0 Å². The van der Waals surface area contributed by atoms with Gasteiger partial charge in [-0.15, -0.1) is 0 Å². The number of hydrogen-bond donors (Lipinski definition) is 0. The molecule has 0 bridgehead atoms. The van der Waals surface area contributed by atoms with Crippen LogP contribution < -0.4 is 0 Å². The first-order chi connectivity index (χ1) is 4.74. The summed E-state index contributed by atoms with van der Waals surface area (Å²) >= 11 is 0. The lowest BCUT2D eigenvalue weighted by Crippen LogP contribution is -1.86. The molecule has 0 atom stereocenters. The molecule has 10 heavy (non-hydrogen) atoms. The quantitative estimate of drug-likeness (QED) is 0.575. The Balaban J connectivity index is 3.03. The number of aromatic nitrogens is 2. The maximum atomic E-state index is 4.23. The van der Waals surface area contributed by atoms with E-state index >= 15 is 0 Å². The van der Waals surface area contributed by atoms with E-state index in [0.29, 0.717) is 0 Å². The number of rotatable bonds is 1. The van der Waals surface area contributed by atoms with Crippen molar-refractivity contribution in [2.45, 2.75) is 13.8 Å². The summed E-state index contributed by atoms with van der Waals surface area (Å²) in [4.78, 5) is 0. The number of aryl methyl sites for hydroxylation is 2. The van der Waals surface area contributed by atoms with Crippen LogP contribution in [0, 0.1) is 6.92 Å². The van der Waals surface area contributed by atoms with Crippen molar-refractivity contribution in [2.75, 3.05) is 0 Å². The monoisotopic (exact) mass is 136 g/mol. The smallest absolute Gasteiger partial charge is 0.0876 e. The normalized spacial score (nSPS) is 11.1. The van der Waals surface area contributed by atoms with Crippen molar-refractivity contribution >= 4 is 6.08 Å². The van der Waals surface area contributed by atoms with Gasteiger partial charge >= 0.3 is 0 Å². The standard InChI is InChI=1S/C8H12N2/c1-4-5-8-7(2)6-10(3)9-8/h4-6H,1-3H3/b5-4+. The lowest BCUT2D eigenvalue weighted by atomic mass is 10.3. The molecule has 0 aliphatic rings. The highest BCUT2D eigenvalue weighted by atomic mass is 15.2. The number of nitrogens with zero attached hydrogens (tertiary/aromatic N) is 2. The minimum Gasteiger partial charge on any atom is -0.275 e. The molecule has 0 aromatic carbocycles. The highest BCUT2D eigenvalue weighted by molar-refractivity contribution is 5.47. The minimum atomic E-state index is 1.06. The van der Waals surface area contributed by atoms with Gasteiger partial charge in [-0.25, -0.2) is 0 Å². The number of hydrogen-bond acceptors (Lipinski definition) is 1. The van der Waals surface area contributed by atoms with Gasteiger partial charge in [-0.05, 0) is 25.5 Å². The van der Waals surface area contributed by atoms with Gasteiger partial charge < -0.3 is 0 Å². The minimum absolute atomic E-state index is 1.06. The van der Waals surface area contributed by atoms with Crippen LogP contribution in [-0.4, -0.2) is 9.78 Å². The fraction of sp³-hybridized carbons (Fsp3) is 0.375. The van der Waals surface area contributed by atoms with Crippen molar-refractivity contribution in [1.29, 1.82) is 0 Å². The molecular formula is C8H12N2. The van der Waals surface area contributed by atoms with Crippen molar-refractivity contribution in [2.24, 2.45) is 7.05 Å². The van der Waals surface area contributed by atoms with Gasteiger partial charge in [-0.3, -0.25) is 4.68 Å². The highest BCUT2D eigenvalue weighted by Gasteiger charge is 1.96. The SMILES string of the molecule is C/C=C/c1nn(C)cc1C. The zero-order valence-corrected chi connectivity index (χ0v) is 6.63. The Labute approximate surface area is 61.2 Å². The predicted octanol–water partition coefficient (Wildman–Crippen LogP) is 1.76. The molecule has 1 heterocycles. The molecule has 0 radical (unpaired) electrons. The Morgan fingerprint density at radius 3 is 2.70 bits per heavy atom. The lowest BCUT2D eigenvalue weighted by Gasteiger charge is -1.83. The molecular weight excluding hydrogens is 124 g/mol. The molecule has 0 amide bonds. The van der Waals surface area contributed by atoms with Gasteiger partial charge in [-0.1, -0.05) is 6.08 Å². The average Bonchev–Trinajstić information content (AvgIpc) is 2.13. The van der Waals surface area contributed by atoms with Crippen LogP contribution in [0.15, 0.2) is 12.3 Å². The maximum absolute atomic E-state index is 4.23. The second-order valence-electron chi connectivity index (χ2n) is 2.37. The summed E-state index contributed by atoms with van der Waals surface area (Å²) in [6.45, 7) is 4.05. The summed E-state index contributed by atoms with van der Waals surface area (Å²) < 4.78 is 1.82. The Morgan fingerprint density at radius 2 is 2.30 bits per heavy atom. The molecule has 0 aliphatic heterocycles. The summed E-state index contributed by atoms with van der Waals surface area (Å²) in [6, 6.07) is 0. The van der Waals surface area contributed by atoms with Crippen LogP contribution in [0.1, 0.15) is 18.2 Å². The largest absolute Gasteiger partial charge is 0.275 e. The van der Waals surface area contributed by atoms with Crippen LogP contribution >= 0.6 is 0 Å². The molecule has 2 heteroatoms. The van der Waals surface area contributed by atoms with Gasteiger partial charge in [0.1, 0.15) is 0 Å². The predicted molar refractivity (Wildman–Crippen MR) is 42.7 cm³/mol. The van der Waals surface area contributed by atoms with Crippen molar-refractivity contribution in [1.82, 2.24) is 9.78 Å². The van der Waals surface area contributed by atoms with E-state index < -0.39 is 0 Å². The van der Waals surface area contributed by atoms with Crippen molar-refractivity contribution < 1.29 is 0 Å². The molecule has 0 saturated carbocycles. The Hall–Kier alpha value is -1.05. The van der Waals surface area contributed by atoms with E-state index in [1.807, 2.05) is 37.0 Å². The second-order valence-corrected chi connectivity index (χ2v) is 2.37. The highest BCUT2D eigenvalue weighted by Crippen LogP contribution is 2.05. The summed E-state index contributed by atoms with van der Waals surface area (Å²) in [6.07, 6.45) is 6.01. The van der Waals surface area contributed by atoms with Gasteiger partial charge in [0.05, 0.1) is 5.69 Å². The topological polar surface area (TPSA) is 17.8 Å². The Bertz CT molecular complexity index is 246. The van der Waals surface area contributed by atoms with Crippen LogP contribution in [0.5, 0.6) is 0 Å². The molecule has 1 aromatic heterocycles. The fourth-order valence-corrected chi connectivity index (χ4v) is 0.947. The molecule has 0 saturated heterocycles. The van der Waals surface area contributed by atoms with Gasteiger partial charge in [0.15, 0.2) is 0 Å². The third-order valence-corrected chi connectivity index (χ3v) is 1.37. The van der Waals surface area contributed by atoms with E-state index in [0.717, 1.165) is 5.69 Å². The number of allylic oxidation sites excluding steroid dienone is 1. The Morgan fingerprint density at radius 1 is 1.60 bits per heavy atom. The first-order valence-corrected chi connectivity index (χ1v) is 3.37. The molecule has 1 rings (SSSR count). The summed E-state index contributed by atoms with van der Waals surface area (Å²) in [5.41, 5.74) is 2.28. The summed E-state index contributed by atoms with van der Waals surface area (Å²) in [5.74, 6) is 0. The molecule has 0 fully saturated rings. The van der Waals surface area contributed by atoms with Crippen LogP contribution in [-0.2, 0) is 7.05 Å². The zero-order chi connectivity index (χ0) is 7.56. The first kappa shape index (κ1) is 7.06. The van der Waals surface area contributed by atoms with Gasteiger partial charge in [0, 0.05) is 13.2 Å². The van der Waals surface area contributed by atoms with Crippen LogP contribution in [0.3, 0.4) is 0 Å². The van der Waals surface area contributed by atoms with Gasteiger partial charge in [0.25, 0.3) is 0 Å². The van der Waals surface area contributed by atoms with Crippen molar-refractivity contribution in [3.8, 4) is 0 Å². The van der Waals surface area contributed by atoms with Gasteiger partial charge in [0.2, 0.25) is 0 Å². The van der Waals surface area contributed by atoms with Crippen LogP contribution in [0.2, 0.25) is 0 Å². The van der Waals surface area contributed by atoms with Crippen molar-refractivity contribution in [3.05, 3.63) is 23.5 Å². The maximum Gasteiger partial charge on any atom is 0.0876 e. The zero-order valence-electron chi connectivity index (χ0n) is 6.63. The Kier molecular flexibility index (Phi) is 1.90. The van der Waals surface area contributed by atoms with E-state index in [-0.39, 0.29) is 0 Å². The second kappa shape index (κ2) is 2.69. The van der Waals surface area contributed by atoms with Crippen LogP contribution in [0.25, 0.3) is 6.08 Å². The lowest BCUT2D eigenvalue weighted by molar-refractivity contribution is 0.764. The molecule has 1 aromatic rings. The van der Waals surface area contributed by atoms with E-state index in [1.165, 1.54) is 5.56 Å². The molecule has 54 valence electrons. The van der Waals surface area contributed by atoms with E-state index in [4.69, 9.17) is 0 Å². The molecule has 0 unspecified atom stereocenters. The molecule has 2 nitrogen and oxygen atoms in total. The van der Waals surface area contributed by atoms with E-state index in [1.54, 1.807) is 0 Å². The first-order valence-electron chi connectivity index (χ1n) is 3.37. The molecule has 0 aliphatic carbocycles. The van der Waals surface area contributed by atoms with Crippen LogP contribution in [0.4, 0.5) is 0 Å². The third-order valence-electron chi connectivity index (χ3n) is 1.37. The fourth-order valence-electron chi connectivity index (χ4n) is 0.947. The van der Waals surface area contributed by atoms with E-state index in [9.17, 15) is 0 Å². The molecule has 0 N–H and O–H groups in total. The van der Waals surface area contributed by atoms with E-state index in [2.05, 4.69) is 12.0 Å². The van der Waals surface area contributed by atoms with Gasteiger partial charge in [-0.2, -0.15) is 5.10 Å². The summed E-state index contributed by atoms with van der Waals surface area (Å²) in [7, 11) is 1.93. The summed E-state index contributed by atoms with van der Waals surface area (Å²) in [5, 5.41) is 4.23. The molecule has 0 spiro atoms.